The van der Waals surface area contributed by atoms with Crippen molar-refractivity contribution in [3.63, 3.8) is 0 Å². The zero-order valence-corrected chi connectivity index (χ0v) is 22.9. The summed E-state index contributed by atoms with van der Waals surface area (Å²) in [6.45, 7) is 6.82. The van der Waals surface area contributed by atoms with Gasteiger partial charge in [0, 0.05) is 28.6 Å². The molecule has 216 valence electrons. The molecule has 3 aliphatic rings. The normalized spacial score (nSPS) is 27.9. The van der Waals surface area contributed by atoms with Crippen LogP contribution in [0.5, 0.6) is 0 Å². The number of hydrogen-bond donors (Lipinski definition) is 4. The number of nitrogens with zero attached hydrogens (tertiary/aromatic N) is 3. The number of anilines is 2. The molecule has 1 aliphatic heterocycles. The molecule has 5 N–H and O–H groups in total. The summed E-state index contributed by atoms with van der Waals surface area (Å²) >= 11 is 0. The van der Waals surface area contributed by atoms with Crippen LogP contribution in [0.15, 0.2) is 53.8 Å². The van der Waals surface area contributed by atoms with Crippen LogP contribution in [0.3, 0.4) is 0 Å². The number of likely N-dealkylation sites (tertiary alicyclic amines) is 1. The molecule has 12 heteroatoms. The van der Waals surface area contributed by atoms with Gasteiger partial charge in [-0.15, -0.1) is 0 Å². The van der Waals surface area contributed by atoms with Crippen molar-refractivity contribution in [1.82, 2.24) is 20.2 Å². The van der Waals surface area contributed by atoms with E-state index in [1.165, 1.54) is 13.3 Å². The van der Waals surface area contributed by atoms with Gasteiger partial charge >= 0.3 is 6.18 Å². The molecule has 0 radical (unpaired) electrons. The predicted molar refractivity (Wildman–Crippen MR) is 146 cm³/mol. The number of nitrogens with two attached hydrogens (primary N) is 1. The predicted octanol–water partition coefficient (Wildman–Crippen LogP) is 4.75. The number of halogens is 4. The zero-order chi connectivity index (χ0) is 29.4. The molecule has 0 aromatic carbocycles. The van der Waals surface area contributed by atoms with E-state index in [1.807, 2.05) is 13.8 Å². The average Bonchev–Trinajstić information content (AvgIpc) is 2.88. The Hall–Kier alpha value is -3.54. The number of hydrogen-bond acceptors (Lipinski definition) is 7. The van der Waals surface area contributed by atoms with Crippen LogP contribution in [0.1, 0.15) is 39.2 Å². The number of nitrogen functional groups attached to an aromatic ring is 1. The van der Waals surface area contributed by atoms with Crippen molar-refractivity contribution in [2.45, 2.75) is 45.8 Å². The highest BCUT2D eigenvalue weighted by atomic mass is 19.4. The summed E-state index contributed by atoms with van der Waals surface area (Å²) in [6.07, 6.45) is 4.88. The molecule has 4 atom stereocenters. The number of aromatic nitrogens is 2. The standard InChI is InChI=1S/C28H35F4N7O/c1-15-5-6-19(38-26(40)20-11-17(29)12-21(16(20)2)28(30,31)32)13-27(15,3)23(33)22-24(34)35-14-36-25(22)37-18-7-9-39(4)10-8-18/h5-6,11-16,18,21,33H,7-10H2,1-4H3,(H,38,40)(H3,34,35,36,37). The van der Waals surface area contributed by atoms with Crippen LogP contribution >= 0.6 is 0 Å². The molecule has 1 amide bonds. The molecule has 1 aromatic rings. The second kappa shape index (κ2) is 11.1. The summed E-state index contributed by atoms with van der Waals surface area (Å²) in [4.78, 5) is 23.8. The maximum atomic E-state index is 14.1. The van der Waals surface area contributed by atoms with E-state index in [4.69, 9.17) is 5.73 Å². The Kier molecular flexibility index (Phi) is 8.21. The number of alkyl halides is 3. The smallest absolute Gasteiger partial charge is 0.383 e. The van der Waals surface area contributed by atoms with Crippen molar-refractivity contribution in [1.29, 1.82) is 5.41 Å². The SMILES string of the molecule is CC1C(C(=O)NC2=CC(C)(C(=N)c3c(N)ncnc3NC3CCN(C)CC3)C(C)C=C2)=CC(F)=CC1C(F)(F)F. The van der Waals surface area contributed by atoms with E-state index in [-0.39, 0.29) is 34.8 Å². The first kappa shape index (κ1) is 29.4. The number of carbonyl (C=O) groups excluding carboxylic acids is 1. The monoisotopic (exact) mass is 561 g/mol. The molecule has 2 aliphatic carbocycles. The molecule has 1 saturated heterocycles. The van der Waals surface area contributed by atoms with Gasteiger partial charge in [-0.1, -0.05) is 19.9 Å². The van der Waals surface area contributed by atoms with Crippen LogP contribution in [0.25, 0.3) is 0 Å². The molecule has 1 fully saturated rings. The van der Waals surface area contributed by atoms with Crippen molar-refractivity contribution < 1.29 is 22.4 Å². The molecule has 4 unspecified atom stereocenters. The van der Waals surface area contributed by atoms with Gasteiger partial charge in [0.15, 0.2) is 0 Å². The first-order valence-corrected chi connectivity index (χ1v) is 13.2. The van der Waals surface area contributed by atoms with Crippen molar-refractivity contribution in [2.75, 3.05) is 31.2 Å². The number of amides is 1. The van der Waals surface area contributed by atoms with Gasteiger partial charge in [-0.3, -0.25) is 4.79 Å². The van der Waals surface area contributed by atoms with Crippen LogP contribution < -0.4 is 16.4 Å². The van der Waals surface area contributed by atoms with Crippen LogP contribution in [0.4, 0.5) is 29.2 Å². The summed E-state index contributed by atoms with van der Waals surface area (Å²) in [6, 6.07) is 0.152. The van der Waals surface area contributed by atoms with Gasteiger partial charge in [-0.25, -0.2) is 14.4 Å². The summed E-state index contributed by atoms with van der Waals surface area (Å²) in [5.74, 6) is -4.94. The third kappa shape index (κ3) is 5.96. The summed E-state index contributed by atoms with van der Waals surface area (Å²) in [5.41, 5.74) is 5.74. The maximum Gasteiger partial charge on any atom is 0.395 e. The van der Waals surface area contributed by atoms with Gasteiger partial charge in [-0.2, -0.15) is 13.2 Å². The van der Waals surface area contributed by atoms with Gasteiger partial charge in [0.25, 0.3) is 5.91 Å². The molecule has 2 heterocycles. The molecular weight excluding hydrogens is 526 g/mol. The highest BCUT2D eigenvalue weighted by Gasteiger charge is 2.46. The van der Waals surface area contributed by atoms with Crippen LogP contribution in [0.2, 0.25) is 0 Å². The minimum Gasteiger partial charge on any atom is -0.383 e. The van der Waals surface area contributed by atoms with E-state index in [0.29, 0.717) is 17.5 Å². The van der Waals surface area contributed by atoms with E-state index in [1.54, 1.807) is 18.2 Å². The van der Waals surface area contributed by atoms with E-state index in [2.05, 4.69) is 32.5 Å². The van der Waals surface area contributed by atoms with Crippen molar-refractivity contribution in [3.05, 3.63) is 59.4 Å². The number of rotatable bonds is 6. The minimum absolute atomic E-state index is 0.126. The van der Waals surface area contributed by atoms with Crippen molar-refractivity contribution >= 4 is 23.3 Å². The largest absolute Gasteiger partial charge is 0.395 e. The molecule has 4 rings (SSSR count). The highest BCUT2D eigenvalue weighted by molar-refractivity contribution is 6.10. The number of piperidine rings is 1. The Bertz CT molecular complexity index is 1290. The Morgan fingerprint density at radius 3 is 2.55 bits per heavy atom. The van der Waals surface area contributed by atoms with Crippen molar-refractivity contribution in [3.8, 4) is 0 Å². The fourth-order valence-corrected chi connectivity index (χ4v) is 5.39. The second-order valence-electron chi connectivity index (χ2n) is 11.1. The minimum atomic E-state index is -4.69. The zero-order valence-electron chi connectivity index (χ0n) is 22.9. The maximum absolute atomic E-state index is 14.1. The van der Waals surface area contributed by atoms with E-state index >= 15 is 0 Å². The first-order chi connectivity index (χ1) is 18.7. The number of nitrogens with one attached hydrogen (secondary N) is 3. The Labute approximate surface area is 231 Å². The molecule has 0 spiro atoms. The molecule has 0 saturated carbocycles. The lowest BCUT2D eigenvalue weighted by molar-refractivity contribution is -0.170. The van der Waals surface area contributed by atoms with Gasteiger partial charge < -0.3 is 26.7 Å². The molecule has 0 bridgehead atoms. The van der Waals surface area contributed by atoms with E-state index < -0.39 is 35.2 Å². The third-order valence-corrected chi connectivity index (χ3v) is 8.25. The lowest BCUT2D eigenvalue weighted by atomic mass is 9.69. The van der Waals surface area contributed by atoms with Gasteiger partial charge in [-0.05, 0) is 70.1 Å². The van der Waals surface area contributed by atoms with Crippen LogP contribution in [-0.2, 0) is 4.79 Å². The Morgan fingerprint density at radius 1 is 1.23 bits per heavy atom. The Balaban J connectivity index is 1.59. The summed E-state index contributed by atoms with van der Waals surface area (Å²) in [7, 11) is 2.06. The Morgan fingerprint density at radius 2 is 1.90 bits per heavy atom. The van der Waals surface area contributed by atoms with Crippen LogP contribution in [-0.4, -0.2) is 58.8 Å². The third-order valence-electron chi connectivity index (χ3n) is 8.25. The van der Waals surface area contributed by atoms with E-state index in [0.717, 1.165) is 32.0 Å². The molecule has 8 nitrogen and oxygen atoms in total. The lowest BCUT2D eigenvalue weighted by Crippen LogP contribution is -2.40. The molecule has 1 aromatic heterocycles. The summed E-state index contributed by atoms with van der Waals surface area (Å²) in [5, 5.41) is 15.3. The van der Waals surface area contributed by atoms with Crippen LogP contribution in [0, 0.1) is 28.6 Å². The second-order valence-corrected chi connectivity index (χ2v) is 11.1. The van der Waals surface area contributed by atoms with E-state index in [9.17, 15) is 27.8 Å². The van der Waals surface area contributed by atoms with Gasteiger partial charge in [0.2, 0.25) is 0 Å². The molecular formula is C28H35F4N7O. The topological polar surface area (TPSA) is 120 Å². The first-order valence-electron chi connectivity index (χ1n) is 13.2. The molecule has 40 heavy (non-hydrogen) atoms. The highest BCUT2D eigenvalue weighted by Crippen LogP contribution is 2.42. The quantitative estimate of drug-likeness (QED) is 0.294. The van der Waals surface area contributed by atoms with Gasteiger partial charge in [0.05, 0.1) is 17.2 Å². The summed E-state index contributed by atoms with van der Waals surface area (Å²) < 4.78 is 54.4. The number of allylic oxidation sites excluding steroid dienone is 6. The average molecular weight is 562 g/mol. The van der Waals surface area contributed by atoms with Crippen molar-refractivity contribution in [2.24, 2.45) is 23.2 Å². The fraction of sp³-hybridized carbons (Fsp3) is 0.500. The fourth-order valence-electron chi connectivity index (χ4n) is 5.39. The lowest BCUT2D eigenvalue weighted by Gasteiger charge is -2.36. The van der Waals surface area contributed by atoms with Gasteiger partial charge in [0.1, 0.15) is 23.8 Å². The number of carbonyl (C=O) groups is 1.